The van der Waals surface area contributed by atoms with Crippen molar-refractivity contribution < 1.29 is 22.7 Å². The summed E-state index contributed by atoms with van der Waals surface area (Å²) in [5.41, 5.74) is 3.40. The molecule has 12 heteroatoms. The van der Waals surface area contributed by atoms with Crippen LogP contribution < -0.4 is 0 Å². The van der Waals surface area contributed by atoms with Crippen LogP contribution in [-0.4, -0.2) is 77.4 Å². The number of halogens is 1. The van der Waals surface area contributed by atoms with Gasteiger partial charge in [0.15, 0.2) is 0 Å². The molecule has 1 aromatic heterocycles. The van der Waals surface area contributed by atoms with E-state index in [0.29, 0.717) is 23.9 Å². The highest BCUT2D eigenvalue weighted by Gasteiger charge is 2.42. The van der Waals surface area contributed by atoms with Crippen LogP contribution in [0.2, 0.25) is 5.02 Å². The topological polar surface area (TPSA) is 107 Å². The third-order valence-electron chi connectivity index (χ3n) is 6.56. The Morgan fingerprint density at radius 3 is 2.36 bits per heavy atom. The molecule has 1 unspecified atom stereocenters. The number of aromatic nitrogens is 3. The lowest BCUT2D eigenvalue weighted by Crippen LogP contribution is -2.49. The first kappa shape index (κ1) is 29.2. The van der Waals surface area contributed by atoms with Crippen molar-refractivity contribution in [2.75, 3.05) is 32.8 Å². The summed E-state index contributed by atoms with van der Waals surface area (Å²) in [7, 11) is -2.15. The normalized spacial score (nSPS) is 18.0. The molecule has 1 saturated heterocycles. The van der Waals surface area contributed by atoms with E-state index >= 15 is 0 Å². The van der Waals surface area contributed by atoms with E-state index in [4.69, 9.17) is 21.1 Å². The summed E-state index contributed by atoms with van der Waals surface area (Å²) < 4.78 is 40.0. The Labute approximate surface area is 234 Å². The Balaban J connectivity index is 1.49. The summed E-state index contributed by atoms with van der Waals surface area (Å²) in [6.45, 7) is 5.20. The van der Waals surface area contributed by atoms with Gasteiger partial charge in [0, 0.05) is 25.2 Å². The molecule has 0 radical (unpaired) electrons. The number of hydrogen-bond donors (Lipinski definition) is 0. The molecular weight excluding hydrogens is 542 g/mol. The van der Waals surface area contributed by atoms with Crippen LogP contribution in [0.4, 0.5) is 0 Å². The van der Waals surface area contributed by atoms with Crippen molar-refractivity contribution in [2.45, 2.75) is 39.5 Å². The van der Waals surface area contributed by atoms with Crippen molar-refractivity contribution in [3.05, 3.63) is 71.0 Å². The molecule has 4 rings (SSSR count). The van der Waals surface area contributed by atoms with Gasteiger partial charge in [-0.2, -0.15) is 4.31 Å². The van der Waals surface area contributed by atoms with Crippen molar-refractivity contribution in [1.29, 1.82) is 0 Å². The van der Waals surface area contributed by atoms with Gasteiger partial charge in [0.25, 0.3) is 0 Å². The fourth-order valence-electron chi connectivity index (χ4n) is 4.55. The average Bonchev–Trinajstić information content (AvgIpc) is 3.33. The molecule has 39 heavy (non-hydrogen) atoms. The summed E-state index contributed by atoms with van der Waals surface area (Å²) >= 11 is 6.00. The number of nitrogens with zero attached hydrogens (tertiary/aromatic N) is 5. The monoisotopic (exact) mass is 575 g/mol. The van der Waals surface area contributed by atoms with Gasteiger partial charge in [-0.25, -0.2) is 13.1 Å². The Hall–Kier alpha value is -2.83. The number of rotatable bonds is 11. The van der Waals surface area contributed by atoms with E-state index in [1.165, 1.54) is 4.31 Å². The van der Waals surface area contributed by atoms with Gasteiger partial charge >= 0.3 is 0 Å². The molecule has 1 amide bonds. The van der Waals surface area contributed by atoms with E-state index in [1.807, 2.05) is 62.4 Å². The molecule has 1 fully saturated rings. The van der Waals surface area contributed by atoms with Gasteiger partial charge in [0.1, 0.15) is 18.5 Å². The minimum Gasteiger partial charge on any atom is -0.359 e. The molecule has 0 spiro atoms. The number of carbonyl (C=O) groups is 1. The standard InChI is InChI=1S/C27H34ClN5O5S/c1-20(2)26-27(34)31(17-25-18-32(30-29-25)12-14-38-19-37-3)13-15-39(35,36)33(26)16-21-4-6-22(7-5-21)23-8-10-24(28)11-9-23/h4-11,18,20,26H,12-17,19H2,1-3H3. The van der Waals surface area contributed by atoms with Crippen molar-refractivity contribution in [1.82, 2.24) is 24.2 Å². The van der Waals surface area contributed by atoms with Crippen molar-refractivity contribution in [2.24, 2.45) is 5.92 Å². The van der Waals surface area contributed by atoms with E-state index in [0.717, 1.165) is 16.7 Å². The highest BCUT2D eigenvalue weighted by atomic mass is 35.5. The van der Waals surface area contributed by atoms with Gasteiger partial charge in [-0.1, -0.05) is 67.1 Å². The fourth-order valence-corrected chi connectivity index (χ4v) is 6.39. The van der Waals surface area contributed by atoms with E-state index in [1.54, 1.807) is 22.9 Å². The fraction of sp³-hybridized carbons (Fsp3) is 0.444. The minimum absolute atomic E-state index is 0.0835. The molecular formula is C27H34ClN5O5S. The Morgan fingerprint density at radius 1 is 1.05 bits per heavy atom. The van der Waals surface area contributed by atoms with Crippen LogP contribution in [0.1, 0.15) is 25.1 Å². The van der Waals surface area contributed by atoms with Crippen molar-refractivity contribution in [3.63, 3.8) is 0 Å². The molecule has 0 N–H and O–H groups in total. The van der Waals surface area contributed by atoms with E-state index < -0.39 is 16.1 Å². The quantitative estimate of drug-likeness (QED) is 0.255. The molecule has 1 atom stereocenters. The number of benzene rings is 2. The zero-order valence-electron chi connectivity index (χ0n) is 22.4. The summed E-state index contributed by atoms with van der Waals surface area (Å²) in [5, 5.41) is 8.92. The maximum Gasteiger partial charge on any atom is 0.241 e. The first-order chi connectivity index (χ1) is 18.7. The summed E-state index contributed by atoms with van der Waals surface area (Å²) in [5.74, 6) is -0.624. The molecule has 1 aliphatic rings. The number of hydrogen-bond acceptors (Lipinski definition) is 7. The summed E-state index contributed by atoms with van der Waals surface area (Å²) in [6.07, 6.45) is 1.74. The van der Waals surface area contributed by atoms with Crippen LogP contribution in [0.15, 0.2) is 54.7 Å². The van der Waals surface area contributed by atoms with Crippen molar-refractivity contribution in [3.8, 4) is 11.1 Å². The molecule has 0 saturated carbocycles. The lowest BCUT2D eigenvalue weighted by molar-refractivity contribution is -0.136. The van der Waals surface area contributed by atoms with Crippen LogP contribution in [0.25, 0.3) is 11.1 Å². The molecule has 1 aliphatic heterocycles. The maximum atomic E-state index is 13.7. The van der Waals surface area contributed by atoms with E-state index in [2.05, 4.69) is 10.3 Å². The van der Waals surface area contributed by atoms with Crippen LogP contribution >= 0.6 is 11.6 Å². The van der Waals surface area contributed by atoms with Gasteiger partial charge in [0.2, 0.25) is 15.9 Å². The summed E-state index contributed by atoms with van der Waals surface area (Å²) in [6, 6.07) is 14.4. The zero-order valence-corrected chi connectivity index (χ0v) is 23.9. The third-order valence-corrected chi connectivity index (χ3v) is 8.58. The third kappa shape index (κ3) is 7.43. The van der Waals surface area contributed by atoms with Gasteiger partial charge in [-0.05, 0) is 34.7 Å². The van der Waals surface area contributed by atoms with Gasteiger partial charge in [-0.15, -0.1) is 5.10 Å². The molecule has 210 valence electrons. The Kier molecular flexibility index (Phi) is 9.73. The molecule has 2 aromatic carbocycles. The SMILES string of the molecule is COCOCCn1cc(CN2CCS(=O)(=O)N(Cc3ccc(-c4ccc(Cl)cc4)cc3)C(C(C)C)C2=O)nn1. The largest absolute Gasteiger partial charge is 0.359 e. The highest BCUT2D eigenvalue weighted by Crippen LogP contribution is 2.27. The number of carbonyl (C=O) groups excluding carboxylic acids is 1. The van der Waals surface area contributed by atoms with Crippen LogP contribution in [-0.2, 0) is 43.9 Å². The smallest absolute Gasteiger partial charge is 0.241 e. The summed E-state index contributed by atoms with van der Waals surface area (Å²) in [4.78, 5) is 15.3. The Bertz CT molecular complexity index is 1350. The van der Waals surface area contributed by atoms with Crippen molar-refractivity contribution >= 4 is 27.5 Å². The van der Waals surface area contributed by atoms with E-state index in [9.17, 15) is 13.2 Å². The zero-order chi connectivity index (χ0) is 28.0. The highest BCUT2D eigenvalue weighted by molar-refractivity contribution is 7.89. The molecule has 2 heterocycles. The molecule has 3 aromatic rings. The van der Waals surface area contributed by atoms with Crippen LogP contribution in [0.5, 0.6) is 0 Å². The Morgan fingerprint density at radius 2 is 1.72 bits per heavy atom. The second-order valence-electron chi connectivity index (χ2n) is 9.80. The molecule has 10 nitrogen and oxygen atoms in total. The second-order valence-corrected chi connectivity index (χ2v) is 12.3. The van der Waals surface area contributed by atoms with Gasteiger partial charge in [0.05, 0.1) is 31.6 Å². The minimum atomic E-state index is -3.70. The van der Waals surface area contributed by atoms with E-state index in [-0.39, 0.29) is 44.0 Å². The second kappa shape index (κ2) is 13.0. The number of amides is 1. The van der Waals surface area contributed by atoms with Gasteiger partial charge in [-0.3, -0.25) is 4.79 Å². The van der Waals surface area contributed by atoms with Crippen LogP contribution in [0, 0.1) is 5.92 Å². The lowest BCUT2D eigenvalue weighted by atomic mass is 10.0. The average molecular weight is 576 g/mol. The maximum absolute atomic E-state index is 13.7. The number of methoxy groups -OCH3 is 1. The first-order valence-corrected chi connectivity index (χ1v) is 14.8. The van der Waals surface area contributed by atoms with Crippen LogP contribution in [0.3, 0.4) is 0 Å². The molecule has 0 aliphatic carbocycles. The number of sulfonamides is 1. The number of ether oxygens (including phenoxy) is 2. The van der Waals surface area contributed by atoms with Gasteiger partial charge < -0.3 is 14.4 Å². The molecule has 0 bridgehead atoms. The predicted octanol–water partition coefficient (Wildman–Crippen LogP) is 3.42. The predicted molar refractivity (Wildman–Crippen MR) is 148 cm³/mol. The lowest BCUT2D eigenvalue weighted by Gasteiger charge is -2.32. The first-order valence-electron chi connectivity index (χ1n) is 12.8.